The van der Waals surface area contributed by atoms with Crippen molar-refractivity contribution >= 4 is 11.6 Å². The van der Waals surface area contributed by atoms with Crippen LogP contribution in [0.15, 0.2) is 18.2 Å². The maximum atomic E-state index is 12.7. The van der Waals surface area contributed by atoms with Gasteiger partial charge in [-0.15, -0.1) is 0 Å². The van der Waals surface area contributed by atoms with E-state index in [0.29, 0.717) is 6.54 Å². The lowest BCUT2D eigenvalue weighted by Crippen LogP contribution is -2.34. The molecule has 1 aromatic rings. The van der Waals surface area contributed by atoms with Gasteiger partial charge in [-0.25, -0.2) is 8.78 Å². The number of halogens is 4. The molecule has 0 unspecified atom stereocenters. The number of carbonyl (C=O) groups is 1. The van der Waals surface area contributed by atoms with Gasteiger partial charge in [-0.3, -0.25) is 4.79 Å². The SMILES string of the molecule is CCNC(=O)c1ccc(N)c(OCC(F)(F)C(F)F)c1. The number of alkyl halides is 4. The summed E-state index contributed by atoms with van der Waals surface area (Å²) in [5, 5.41) is 2.50. The maximum Gasteiger partial charge on any atom is 0.340 e. The van der Waals surface area contributed by atoms with Crippen molar-refractivity contribution in [2.75, 3.05) is 18.9 Å². The molecule has 4 nitrogen and oxygen atoms in total. The van der Waals surface area contributed by atoms with Crippen molar-refractivity contribution in [2.45, 2.75) is 19.3 Å². The van der Waals surface area contributed by atoms with Gasteiger partial charge in [-0.2, -0.15) is 8.78 Å². The third-order valence-corrected chi connectivity index (χ3v) is 2.35. The van der Waals surface area contributed by atoms with Gasteiger partial charge in [-0.05, 0) is 25.1 Å². The van der Waals surface area contributed by atoms with Crippen molar-refractivity contribution < 1.29 is 27.1 Å². The van der Waals surface area contributed by atoms with Gasteiger partial charge in [0, 0.05) is 12.1 Å². The van der Waals surface area contributed by atoms with E-state index in [9.17, 15) is 22.4 Å². The quantitative estimate of drug-likeness (QED) is 0.625. The summed E-state index contributed by atoms with van der Waals surface area (Å²) in [7, 11) is 0. The molecule has 3 N–H and O–H groups in total. The van der Waals surface area contributed by atoms with Crippen molar-refractivity contribution in [3.05, 3.63) is 23.8 Å². The predicted molar refractivity (Wildman–Crippen MR) is 65.3 cm³/mol. The van der Waals surface area contributed by atoms with Crippen LogP contribution in [-0.4, -0.2) is 31.4 Å². The summed E-state index contributed by atoms with van der Waals surface area (Å²) in [5.41, 5.74) is 5.59. The third kappa shape index (κ3) is 4.01. The molecule has 0 saturated carbocycles. The molecule has 0 heterocycles. The molecular formula is C12H14F4N2O2. The number of nitrogens with two attached hydrogens (primary N) is 1. The van der Waals surface area contributed by atoms with Crippen molar-refractivity contribution in [2.24, 2.45) is 0 Å². The lowest BCUT2D eigenvalue weighted by molar-refractivity contribution is -0.148. The van der Waals surface area contributed by atoms with E-state index >= 15 is 0 Å². The Kier molecular flexibility index (Phi) is 5.18. The van der Waals surface area contributed by atoms with Gasteiger partial charge in [0.05, 0.1) is 5.69 Å². The Morgan fingerprint density at radius 3 is 2.65 bits per heavy atom. The van der Waals surface area contributed by atoms with Crippen LogP contribution in [0, 0.1) is 0 Å². The number of hydrogen-bond acceptors (Lipinski definition) is 3. The second kappa shape index (κ2) is 6.44. The molecule has 20 heavy (non-hydrogen) atoms. The molecule has 0 aromatic heterocycles. The minimum absolute atomic E-state index is 0.0249. The Hall–Kier alpha value is -1.99. The Morgan fingerprint density at radius 1 is 1.45 bits per heavy atom. The molecule has 0 spiro atoms. The monoisotopic (exact) mass is 294 g/mol. The zero-order chi connectivity index (χ0) is 15.3. The van der Waals surface area contributed by atoms with Gasteiger partial charge < -0.3 is 15.8 Å². The normalized spacial score (nSPS) is 11.5. The highest BCUT2D eigenvalue weighted by molar-refractivity contribution is 5.95. The van der Waals surface area contributed by atoms with Crippen LogP contribution in [-0.2, 0) is 0 Å². The van der Waals surface area contributed by atoms with Crippen LogP contribution < -0.4 is 15.8 Å². The van der Waals surface area contributed by atoms with Crippen LogP contribution in [0.1, 0.15) is 17.3 Å². The van der Waals surface area contributed by atoms with E-state index in [1.165, 1.54) is 12.1 Å². The van der Waals surface area contributed by atoms with E-state index in [-0.39, 0.29) is 17.0 Å². The molecule has 1 rings (SSSR count). The van der Waals surface area contributed by atoms with Gasteiger partial charge in [0.25, 0.3) is 5.91 Å². The topological polar surface area (TPSA) is 64.4 Å². The highest BCUT2D eigenvalue weighted by Gasteiger charge is 2.41. The first-order valence-corrected chi connectivity index (χ1v) is 5.74. The lowest BCUT2D eigenvalue weighted by atomic mass is 10.1. The predicted octanol–water partition coefficient (Wildman–Crippen LogP) is 2.30. The van der Waals surface area contributed by atoms with Crippen molar-refractivity contribution in [1.29, 1.82) is 0 Å². The number of ether oxygens (including phenoxy) is 1. The number of anilines is 1. The number of rotatable bonds is 6. The van der Waals surface area contributed by atoms with Gasteiger partial charge >= 0.3 is 12.3 Å². The summed E-state index contributed by atoms with van der Waals surface area (Å²) in [6.07, 6.45) is -3.84. The fraction of sp³-hybridized carbons (Fsp3) is 0.417. The second-order valence-electron chi connectivity index (χ2n) is 3.96. The van der Waals surface area contributed by atoms with E-state index in [4.69, 9.17) is 5.73 Å². The summed E-state index contributed by atoms with van der Waals surface area (Å²) in [6, 6.07) is 3.78. The molecule has 0 aliphatic carbocycles. The summed E-state index contributed by atoms with van der Waals surface area (Å²) in [5.74, 6) is -4.97. The molecule has 0 aliphatic rings. The average Bonchev–Trinajstić information content (AvgIpc) is 2.37. The largest absolute Gasteiger partial charge is 0.485 e. The minimum atomic E-state index is -4.28. The summed E-state index contributed by atoms with van der Waals surface area (Å²) in [4.78, 5) is 11.5. The fourth-order valence-electron chi connectivity index (χ4n) is 1.30. The van der Waals surface area contributed by atoms with E-state index < -0.39 is 24.9 Å². The highest BCUT2D eigenvalue weighted by atomic mass is 19.3. The number of hydrogen-bond donors (Lipinski definition) is 2. The molecule has 0 aliphatic heterocycles. The second-order valence-corrected chi connectivity index (χ2v) is 3.96. The first-order valence-electron chi connectivity index (χ1n) is 5.74. The first-order chi connectivity index (χ1) is 9.27. The maximum absolute atomic E-state index is 12.7. The zero-order valence-electron chi connectivity index (χ0n) is 10.6. The Balaban J connectivity index is 2.85. The zero-order valence-corrected chi connectivity index (χ0v) is 10.6. The van der Waals surface area contributed by atoms with Crippen LogP contribution in [0.5, 0.6) is 5.75 Å². The molecule has 0 atom stereocenters. The summed E-state index contributed by atoms with van der Waals surface area (Å²) >= 11 is 0. The lowest BCUT2D eigenvalue weighted by Gasteiger charge is -2.17. The molecule has 0 fully saturated rings. The summed E-state index contributed by atoms with van der Waals surface area (Å²) in [6.45, 7) is 0.562. The molecule has 112 valence electrons. The Morgan fingerprint density at radius 2 is 2.10 bits per heavy atom. The third-order valence-electron chi connectivity index (χ3n) is 2.35. The number of carbonyl (C=O) groups excluding carboxylic acids is 1. The fourth-order valence-corrected chi connectivity index (χ4v) is 1.30. The number of nitrogens with one attached hydrogen (secondary N) is 1. The van der Waals surface area contributed by atoms with Crippen molar-refractivity contribution in [1.82, 2.24) is 5.32 Å². The van der Waals surface area contributed by atoms with Crippen molar-refractivity contribution in [3.8, 4) is 5.75 Å². The van der Waals surface area contributed by atoms with Crippen LogP contribution in [0.25, 0.3) is 0 Å². The van der Waals surface area contributed by atoms with E-state index in [1.807, 2.05) is 0 Å². The van der Waals surface area contributed by atoms with Crippen molar-refractivity contribution in [3.63, 3.8) is 0 Å². The smallest absolute Gasteiger partial charge is 0.340 e. The summed E-state index contributed by atoms with van der Waals surface area (Å²) < 4.78 is 54.1. The van der Waals surface area contributed by atoms with Gasteiger partial charge in [-0.1, -0.05) is 0 Å². The van der Waals surface area contributed by atoms with E-state index in [2.05, 4.69) is 10.1 Å². The molecule has 0 radical (unpaired) electrons. The van der Waals surface area contributed by atoms with Gasteiger partial charge in [0.1, 0.15) is 5.75 Å². The first kappa shape index (κ1) is 16.1. The Labute approximate surface area is 112 Å². The molecule has 1 aromatic carbocycles. The highest BCUT2D eigenvalue weighted by Crippen LogP contribution is 2.27. The van der Waals surface area contributed by atoms with Crippen LogP contribution in [0.2, 0.25) is 0 Å². The number of benzene rings is 1. The van der Waals surface area contributed by atoms with E-state index in [0.717, 1.165) is 6.07 Å². The minimum Gasteiger partial charge on any atom is -0.485 e. The molecule has 8 heteroatoms. The molecular weight excluding hydrogens is 280 g/mol. The van der Waals surface area contributed by atoms with Crippen LogP contribution >= 0.6 is 0 Å². The van der Waals surface area contributed by atoms with Gasteiger partial charge in [0.2, 0.25) is 0 Å². The molecule has 1 amide bonds. The number of nitrogen functional groups attached to an aromatic ring is 1. The molecule has 0 bridgehead atoms. The van der Waals surface area contributed by atoms with Crippen LogP contribution in [0.3, 0.4) is 0 Å². The van der Waals surface area contributed by atoms with E-state index in [1.54, 1.807) is 6.92 Å². The van der Waals surface area contributed by atoms with Gasteiger partial charge in [0.15, 0.2) is 6.61 Å². The molecule has 0 saturated heterocycles. The Bertz CT molecular complexity index is 481. The van der Waals surface area contributed by atoms with Crippen LogP contribution in [0.4, 0.5) is 23.2 Å². The average molecular weight is 294 g/mol. The standard InChI is InChI=1S/C12H14F4N2O2/c1-2-18-10(19)7-3-4-8(17)9(5-7)20-6-12(15,16)11(13)14/h3-5,11H,2,6,17H2,1H3,(H,18,19). The number of amides is 1.